The lowest BCUT2D eigenvalue weighted by molar-refractivity contribution is -0.127. The Balaban J connectivity index is 1.75. The fourth-order valence-electron chi connectivity index (χ4n) is 2.65. The van der Waals surface area contributed by atoms with Crippen LogP contribution in [0.3, 0.4) is 0 Å². The maximum absolute atomic E-state index is 13.7. The van der Waals surface area contributed by atoms with Crippen molar-refractivity contribution in [3.8, 4) is 11.5 Å². The number of aromatic hydroxyl groups is 1. The SMILES string of the molecule is CCOc1cc(/C=C2\SC(=O)N(CC(=O)Nc3ccc(F)cc3F)C2=O)cc(Cl)c1O. The van der Waals surface area contributed by atoms with E-state index < -0.39 is 35.2 Å². The van der Waals surface area contributed by atoms with E-state index in [2.05, 4.69) is 5.32 Å². The van der Waals surface area contributed by atoms with Crippen molar-refractivity contribution >= 4 is 52.2 Å². The summed E-state index contributed by atoms with van der Waals surface area (Å²) in [5.41, 5.74) is 0.116. The Kier molecular flexibility index (Phi) is 6.81. The molecule has 3 amide bonds. The van der Waals surface area contributed by atoms with Gasteiger partial charge in [0.05, 0.1) is 22.2 Å². The van der Waals surface area contributed by atoms with Crippen LogP contribution in [0.15, 0.2) is 35.2 Å². The summed E-state index contributed by atoms with van der Waals surface area (Å²) in [7, 11) is 0. The number of anilines is 1. The van der Waals surface area contributed by atoms with Crippen LogP contribution >= 0.6 is 23.4 Å². The number of benzene rings is 2. The van der Waals surface area contributed by atoms with Gasteiger partial charge in [0.2, 0.25) is 5.91 Å². The lowest BCUT2D eigenvalue weighted by Crippen LogP contribution is -2.36. The molecule has 2 N–H and O–H groups in total. The standard InChI is InChI=1S/C20H15ClF2N2O5S/c1-2-30-15-6-10(5-12(21)18(15)27)7-16-19(28)25(20(29)31-16)9-17(26)24-14-4-3-11(22)8-13(14)23/h3-8,27H,2,9H2,1H3,(H,24,26)/b16-7-. The zero-order valence-corrected chi connectivity index (χ0v) is 17.5. The molecule has 0 aromatic heterocycles. The smallest absolute Gasteiger partial charge is 0.294 e. The van der Waals surface area contributed by atoms with Gasteiger partial charge in [0.1, 0.15) is 18.2 Å². The zero-order valence-electron chi connectivity index (χ0n) is 15.9. The normalized spacial score (nSPS) is 15.0. The van der Waals surface area contributed by atoms with E-state index in [4.69, 9.17) is 16.3 Å². The minimum absolute atomic E-state index is 0.00266. The van der Waals surface area contributed by atoms with Gasteiger partial charge < -0.3 is 15.2 Å². The van der Waals surface area contributed by atoms with Crippen LogP contribution in [0.4, 0.5) is 19.3 Å². The molecule has 1 saturated heterocycles. The second-order valence-corrected chi connectivity index (χ2v) is 7.62. The summed E-state index contributed by atoms with van der Waals surface area (Å²) in [4.78, 5) is 37.7. The Hall–Kier alpha value is -3.11. The molecule has 1 heterocycles. The third-order valence-corrected chi connectivity index (χ3v) is 5.22. The molecule has 0 aliphatic carbocycles. The summed E-state index contributed by atoms with van der Waals surface area (Å²) in [6.07, 6.45) is 1.37. The molecule has 2 aromatic carbocycles. The first-order valence-electron chi connectivity index (χ1n) is 8.85. The van der Waals surface area contributed by atoms with Gasteiger partial charge in [-0.05, 0) is 54.6 Å². The third kappa shape index (κ3) is 5.15. The number of halogens is 3. The fraction of sp³-hybridized carbons (Fsp3) is 0.150. The summed E-state index contributed by atoms with van der Waals surface area (Å²) < 4.78 is 31.9. The zero-order chi connectivity index (χ0) is 22.7. The molecule has 3 rings (SSSR count). The number of nitrogens with zero attached hydrogens (tertiary/aromatic N) is 1. The van der Waals surface area contributed by atoms with Crippen LogP contribution in [0.25, 0.3) is 6.08 Å². The molecule has 7 nitrogen and oxygen atoms in total. The van der Waals surface area contributed by atoms with Gasteiger partial charge in [-0.25, -0.2) is 8.78 Å². The monoisotopic (exact) mass is 468 g/mol. The van der Waals surface area contributed by atoms with Crippen molar-refractivity contribution in [2.75, 3.05) is 18.5 Å². The average Bonchev–Trinajstić information content (AvgIpc) is 2.95. The molecule has 0 unspecified atom stereocenters. The number of imide groups is 1. The van der Waals surface area contributed by atoms with Crippen LogP contribution in [0, 0.1) is 11.6 Å². The number of phenols is 1. The van der Waals surface area contributed by atoms with Gasteiger partial charge in [-0.1, -0.05) is 11.6 Å². The van der Waals surface area contributed by atoms with Crippen LogP contribution in [0.2, 0.25) is 5.02 Å². The number of carbonyl (C=O) groups excluding carboxylic acids is 3. The van der Waals surface area contributed by atoms with E-state index >= 15 is 0 Å². The van der Waals surface area contributed by atoms with Crippen LogP contribution < -0.4 is 10.1 Å². The topological polar surface area (TPSA) is 95.9 Å². The number of ether oxygens (including phenoxy) is 1. The van der Waals surface area contributed by atoms with Gasteiger partial charge in [0.25, 0.3) is 11.1 Å². The Labute approximate surface area is 184 Å². The highest BCUT2D eigenvalue weighted by atomic mass is 35.5. The predicted octanol–water partition coefficient (Wildman–Crippen LogP) is 4.40. The summed E-state index contributed by atoms with van der Waals surface area (Å²) in [5, 5.41) is 11.4. The van der Waals surface area contributed by atoms with Gasteiger partial charge >= 0.3 is 0 Å². The largest absolute Gasteiger partial charge is 0.503 e. The van der Waals surface area contributed by atoms with Gasteiger partial charge in [0, 0.05) is 6.07 Å². The number of rotatable bonds is 6. The Morgan fingerprint density at radius 1 is 1.29 bits per heavy atom. The molecule has 0 spiro atoms. The van der Waals surface area contributed by atoms with Crippen molar-refractivity contribution in [2.24, 2.45) is 0 Å². The van der Waals surface area contributed by atoms with E-state index in [1.54, 1.807) is 6.92 Å². The number of phenolic OH excluding ortho intramolecular Hbond substituents is 1. The van der Waals surface area contributed by atoms with E-state index in [1.807, 2.05) is 0 Å². The fourth-order valence-corrected chi connectivity index (χ4v) is 3.71. The maximum atomic E-state index is 13.7. The van der Waals surface area contributed by atoms with Crippen LogP contribution in [-0.2, 0) is 9.59 Å². The highest BCUT2D eigenvalue weighted by molar-refractivity contribution is 8.18. The lowest BCUT2D eigenvalue weighted by atomic mass is 10.2. The Morgan fingerprint density at radius 3 is 2.71 bits per heavy atom. The van der Waals surface area contributed by atoms with E-state index in [-0.39, 0.29) is 33.7 Å². The molecule has 0 bridgehead atoms. The van der Waals surface area contributed by atoms with Crippen LogP contribution in [0.5, 0.6) is 11.5 Å². The number of nitrogens with one attached hydrogen (secondary N) is 1. The molecule has 11 heteroatoms. The molecule has 2 aromatic rings. The van der Waals surface area contributed by atoms with Gasteiger partial charge in [-0.2, -0.15) is 0 Å². The summed E-state index contributed by atoms with van der Waals surface area (Å²) in [6, 6.07) is 5.42. The highest BCUT2D eigenvalue weighted by Gasteiger charge is 2.36. The molecule has 1 aliphatic heterocycles. The summed E-state index contributed by atoms with van der Waals surface area (Å²) in [5.74, 6) is -3.50. The first-order chi connectivity index (χ1) is 14.7. The molecule has 1 fully saturated rings. The molecule has 0 atom stereocenters. The first kappa shape index (κ1) is 22.6. The number of amides is 3. The van der Waals surface area contributed by atoms with Gasteiger partial charge in [0.15, 0.2) is 11.5 Å². The molecule has 162 valence electrons. The molecular weight excluding hydrogens is 454 g/mol. The van der Waals surface area contributed by atoms with Crippen molar-refractivity contribution in [3.63, 3.8) is 0 Å². The first-order valence-corrected chi connectivity index (χ1v) is 10.0. The van der Waals surface area contributed by atoms with E-state index in [1.165, 1.54) is 18.2 Å². The average molecular weight is 469 g/mol. The van der Waals surface area contributed by atoms with E-state index in [0.717, 1.165) is 12.1 Å². The van der Waals surface area contributed by atoms with Crippen molar-refractivity contribution in [3.05, 3.63) is 57.5 Å². The number of thioether (sulfide) groups is 1. The number of carbonyl (C=O) groups is 3. The van der Waals surface area contributed by atoms with Crippen molar-refractivity contribution in [1.29, 1.82) is 0 Å². The Morgan fingerprint density at radius 2 is 2.03 bits per heavy atom. The third-order valence-electron chi connectivity index (χ3n) is 4.03. The summed E-state index contributed by atoms with van der Waals surface area (Å²) >= 11 is 6.57. The van der Waals surface area contributed by atoms with Crippen LogP contribution in [0.1, 0.15) is 12.5 Å². The molecule has 1 aliphatic rings. The minimum Gasteiger partial charge on any atom is -0.503 e. The second kappa shape index (κ2) is 9.36. The molecule has 31 heavy (non-hydrogen) atoms. The van der Waals surface area contributed by atoms with Crippen LogP contribution in [-0.4, -0.2) is 40.2 Å². The maximum Gasteiger partial charge on any atom is 0.294 e. The van der Waals surface area contributed by atoms with E-state index in [0.29, 0.717) is 28.3 Å². The molecular formula is C20H15ClF2N2O5S. The van der Waals surface area contributed by atoms with Crippen molar-refractivity contribution < 1.29 is 33.0 Å². The molecule has 0 radical (unpaired) electrons. The van der Waals surface area contributed by atoms with E-state index in [9.17, 15) is 28.3 Å². The quantitative estimate of drug-likeness (QED) is 0.610. The summed E-state index contributed by atoms with van der Waals surface area (Å²) in [6.45, 7) is 1.33. The van der Waals surface area contributed by atoms with Gasteiger partial charge in [-0.3, -0.25) is 19.3 Å². The predicted molar refractivity (Wildman–Crippen MR) is 112 cm³/mol. The molecule has 0 saturated carbocycles. The number of hydrogen-bond donors (Lipinski definition) is 2. The van der Waals surface area contributed by atoms with Gasteiger partial charge in [-0.15, -0.1) is 0 Å². The Bertz CT molecular complexity index is 1110. The number of hydrogen-bond acceptors (Lipinski definition) is 6. The minimum atomic E-state index is -0.989. The van der Waals surface area contributed by atoms with Crippen molar-refractivity contribution in [1.82, 2.24) is 4.90 Å². The van der Waals surface area contributed by atoms with Crippen molar-refractivity contribution in [2.45, 2.75) is 6.92 Å². The second-order valence-electron chi connectivity index (χ2n) is 6.22. The highest BCUT2D eigenvalue weighted by Crippen LogP contribution is 2.38. The lowest BCUT2D eigenvalue weighted by Gasteiger charge is -2.13.